The van der Waals surface area contributed by atoms with Crippen molar-refractivity contribution >= 4 is 16.0 Å². The van der Waals surface area contributed by atoms with E-state index in [1.54, 1.807) is 12.1 Å². The molecule has 0 bridgehead atoms. The number of nitrogens with one attached hydrogen (secondary N) is 1. The molecule has 2 N–H and O–H groups in total. The molecule has 0 unspecified atom stereocenters. The van der Waals surface area contributed by atoms with Crippen LogP contribution < -0.4 is 0 Å². The van der Waals surface area contributed by atoms with E-state index >= 15 is 0 Å². The normalized spacial score (nSPS) is 15.8. The van der Waals surface area contributed by atoms with Gasteiger partial charge in [-0.15, -0.1) is 0 Å². The second-order valence-electron chi connectivity index (χ2n) is 7.20. The Morgan fingerprint density at radius 1 is 1.24 bits per heavy atom. The molecule has 0 fully saturated rings. The molecule has 0 saturated carbocycles. The van der Waals surface area contributed by atoms with Crippen molar-refractivity contribution in [2.45, 2.75) is 44.0 Å². The molecular formula is C17H21N3O4S. The maximum atomic E-state index is 12.9. The summed E-state index contributed by atoms with van der Waals surface area (Å²) in [5, 5.41) is 15.7. The number of H-pyrrole nitrogens is 1. The second kappa shape index (κ2) is 5.96. The first-order chi connectivity index (χ1) is 11.6. The number of hydrogen-bond donors (Lipinski definition) is 2. The van der Waals surface area contributed by atoms with Gasteiger partial charge in [0.05, 0.1) is 4.90 Å². The summed E-state index contributed by atoms with van der Waals surface area (Å²) in [4.78, 5) is 11.5. The number of nitrogens with zero attached hydrogens (tertiary/aromatic N) is 2. The molecule has 0 radical (unpaired) electrons. The van der Waals surface area contributed by atoms with Gasteiger partial charge in [0.25, 0.3) is 0 Å². The van der Waals surface area contributed by atoms with E-state index in [0.29, 0.717) is 17.7 Å². The molecule has 2 aromatic rings. The number of sulfonamides is 1. The third-order valence-corrected chi connectivity index (χ3v) is 6.32. The van der Waals surface area contributed by atoms with Crippen molar-refractivity contribution in [1.82, 2.24) is 14.5 Å². The smallest absolute Gasteiger partial charge is 0.356 e. The summed E-state index contributed by atoms with van der Waals surface area (Å²) in [5.74, 6) is -1.16. The van der Waals surface area contributed by atoms with Crippen LogP contribution >= 0.6 is 0 Å². The summed E-state index contributed by atoms with van der Waals surface area (Å²) in [6.45, 7) is 6.49. The summed E-state index contributed by atoms with van der Waals surface area (Å²) >= 11 is 0. The first kappa shape index (κ1) is 17.6. The van der Waals surface area contributed by atoms with Crippen molar-refractivity contribution < 1.29 is 18.3 Å². The molecule has 3 rings (SSSR count). The number of aromatic nitrogens is 2. The average Bonchev–Trinajstić information content (AvgIpc) is 2.97. The van der Waals surface area contributed by atoms with Crippen LogP contribution in [0.25, 0.3) is 0 Å². The molecule has 1 aromatic heterocycles. The molecule has 0 amide bonds. The molecule has 0 spiro atoms. The van der Waals surface area contributed by atoms with E-state index in [-0.39, 0.29) is 29.1 Å². The van der Waals surface area contributed by atoms with Crippen molar-refractivity contribution in [2.75, 3.05) is 6.54 Å². The third kappa shape index (κ3) is 3.19. The molecule has 0 aliphatic carbocycles. The number of hydrogen-bond acceptors (Lipinski definition) is 4. The molecule has 1 aliphatic rings. The quantitative estimate of drug-likeness (QED) is 0.870. The summed E-state index contributed by atoms with van der Waals surface area (Å²) < 4.78 is 27.1. The second-order valence-corrected chi connectivity index (χ2v) is 9.14. The number of carboxylic acids is 1. The zero-order valence-corrected chi connectivity index (χ0v) is 15.2. The van der Waals surface area contributed by atoms with Gasteiger partial charge in [0.15, 0.2) is 5.69 Å². The van der Waals surface area contributed by atoms with Gasteiger partial charge in [-0.25, -0.2) is 13.2 Å². The van der Waals surface area contributed by atoms with Crippen LogP contribution in [0.2, 0.25) is 0 Å². The largest absolute Gasteiger partial charge is 0.476 e. The monoisotopic (exact) mass is 363 g/mol. The number of carboxylic acid groups (broad SMARTS) is 1. The maximum absolute atomic E-state index is 12.9. The molecule has 25 heavy (non-hydrogen) atoms. The van der Waals surface area contributed by atoms with Gasteiger partial charge in [0.1, 0.15) is 0 Å². The summed E-state index contributed by atoms with van der Waals surface area (Å²) in [6.07, 6.45) is 0.412. The third-order valence-electron chi connectivity index (χ3n) is 4.46. The van der Waals surface area contributed by atoms with Crippen molar-refractivity contribution in [1.29, 1.82) is 0 Å². The van der Waals surface area contributed by atoms with Crippen molar-refractivity contribution in [3.8, 4) is 0 Å². The van der Waals surface area contributed by atoms with Gasteiger partial charge in [-0.2, -0.15) is 9.40 Å². The fourth-order valence-electron chi connectivity index (χ4n) is 2.93. The Morgan fingerprint density at radius 3 is 2.44 bits per heavy atom. The Kier molecular flexibility index (Phi) is 4.20. The lowest BCUT2D eigenvalue weighted by atomic mass is 9.87. The summed E-state index contributed by atoms with van der Waals surface area (Å²) in [7, 11) is -3.69. The Hall–Kier alpha value is -2.19. The van der Waals surface area contributed by atoms with E-state index in [1.807, 2.05) is 12.1 Å². The fraction of sp³-hybridized carbons (Fsp3) is 0.412. The summed E-state index contributed by atoms with van der Waals surface area (Å²) in [5.41, 5.74) is 2.00. The van der Waals surface area contributed by atoms with Gasteiger partial charge >= 0.3 is 5.97 Å². The molecular weight excluding hydrogens is 342 g/mol. The Labute approximate surface area is 146 Å². The van der Waals surface area contributed by atoms with Crippen LogP contribution in [0.1, 0.15) is 48.1 Å². The van der Waals surface area contributed by atoms with Gasteiger partial charge in [-0.05, 0) is 23.1 Å². The molecule has 2 heterocycles. The summed E-state index contributed by atoms with van der Waals surface area (Å²) in [6, 6.07) is 6.86. The maximum Gasteiger partial charge on any atom is 0.356 e. The van der Waals surface area contributed by atoms with Crippen LogP contribution in [0.4, 0.5) is 0 Å². The fourth-order valence-corrected chi connectivity index (χ4v) is 4.34. The minimum absolute atomic E-state index is 0.0107. The van der Waals surface area contributed by atoms with Gasteiger partial charge < -0.3 is 5.11 Å². The van der Waals surface area contributed by atoms with Crippen molar-refractivity contribution in [3.63, 3.8) is 0 Å². The Balaban J connectivity index is 1.91. The minimum Gasteiger partial charge on any atom is -0.476 e. The molecule has 7 nitrogen and oxygen atoms in total. The highest BCUT2D eigenvalue weighted by atomic mass is 32.2. The number of carbonyl (C=O) groups is 1. The molecule has 8 heteroatoms. The number of rotatable bonds is 3. The topological polar surface area (TPSA) is 103 Å². The lowest BCUT2D eigenvalue weighted by molar-refractivity contribution is 0.0688. The lowest BCUT2D eigenvalue weighted by Gasteiger charge is -2.26. The number of aromatic carboxylic acids is 1. The minimum atomic E-state index is -3.69. The van der Waals surface area contributed by atoms with Crippen LogP contribution in [0.3, 0.4) is 0 Å². The Bertz CT molecular complexity index is 908. The van der Waals surface area contributed by atoms with E-state index < -0.39 is 16.0 Å². The average molecular weight is 363 g/mol. The molecule has 0 atom stereocenters. The van der Waals surface area contributed by atoms with Crippen LogP contribution in [-0.2, 0) is 28.4 Å². The van der Waals surface area contributed by atoms with Gasteiger partial charge in [0.2, 0.25) is 10.0 Å². The van der Waals surface area contributed by atoms with E-state index in [2.05, 4.69) is 31.0 Å². The van der Waals surface area contributed by atoms with Gasteiger partial charge in [-0.3, -0.25) is 5.10 Å². The van der Waals surface area contributed by atoms with E-state index in [4.69, 9.17) is 0 Å². The SMILES string of the molecule is CC(C)(C)c1ccc(S(=O)(=O)N2CCc3[nH]nc(C(=O)O)c3C2)cc1. The first-order valence-electron chi connectivity index (χ1n) is 8.01. The first-order valence-corrected chi connectivity index (χ1v) is 9.45. The van der Waals surface area contributed by atoms with Crippen LogP contribution in [0.15, 0.2) is 29.2 Å². The highest BCUT2D eigenvalue weighted by Gasteiger charge is 2.32. The van der Waals surface area contributed by atoms with Gasteiger partial charge in [0, 0.05) is 30.8 Å². The van der Waals surface area contributed by atoms with Gasteiger partial charge in [-0.1, -0.05) is 32.9 Å². The highest BCUT2D eigenvalue weighted by Crippen LogP contribution is 2.28. The number of fused-ring (bicyclic) bond motifs is 1. The molecule has 1 aliphatic heterocycles. The van der Waals surface area contributed by atoms with E-state index in [1.165, 1.54) is 4.31 Å². The lowest BCUT2D eigenvalue weighted by Crippen LogP contribution is -2.36. The number of benzene rings is 1. The highest BCUT2D eigenvalue weighted by molar-refractivity contribution is 7.89. The zero-order chi connectivity index (χ0) is 18.4. The van der Waals surface area contributed by atoms with E-state index in [9.17, 15) is 18.3 Å². The van der Waals surface area contributed by atoms with Crippen LogP contribution in [0.5, 0.6) is 0 Å². The van der Waals surface area contributed by atoms with Crippen molar-refractivity contribution in [2.24, 2.45) is 0 Å². The Morgan fingerprint density at radius 2 is 1.88 bits per heavy atom. The predicted molar refractivity (Wildman–Crippen MR) is 92.0 cm³/mol. The van der Waals surface area contributed by atoms with E-state index in [0.717, 1.165) is 5.56 Å². The standard InChI is InChI=1S/C17H21N3O4S/c1-17(2,3)11-4-6-12(7-5-11)25(23,24)20-9-8-14-13(10-20)15(16(21)22)19-18-14/h4-7H,8-10H2,1-3H3,(H,18,19)(H,21,22). The zero-order valence-electron chi connectivity index (χ0n) is 14.4. The molecule has 1 aromatic carbocycles. The predicted octanol–water partition coefficient (Wildman–Crippen LogP) is 2.15. The molecule has 0 saturated heterocycles. The number of aromatic amines is 1. The molecule has 134 valence electrons. The van der Waals surface area contributed by atoms with Crippen molar-refractivity contribution in [3.05, 3.63) is 46.8 Å². The van der Waals surface area contributed by atoms with Crippen LogP contribution in [-0.4, -0.2) is 40.5 Å². The van der Waals surface area contributed by atoms with Crippen LogP contribution in [0, 0.1) is 0 Å².